The molecule has 0 aromatic heterocycles. The van der Waals surface area contributed by atoms with E-state index in [2.05, 4.69) is 61.6 Å². The minimum absolute atomic E-state index is 0.0656. The van der Waals surface area contributed by atoms with Crippen molar-refractivity contribution in [2.45, 2.75) is 63.7 Å². The van der Waals surface area contributed by atoms with Gasteiger partial charge in [-0.25, -0.2) is 0 Å². The van der Waals surface area contributed by atoms with E-state index in [0.717, 1.165) is 18.6 Å². The van der Waals surface area contributed by atoms with E-state index in [1.54, 1.807) is 0 Å². The summed E-state index contributed by atoms with van der Waals surface area (Å²) in [5.74, 6) is 0.0139. The third-order valence-electron chi connectivity index (χ3n) is 6.49. The van der Waals surface area contributed by atoms with Crippen LogP contribution in [0, 0.1) is 13.8 Å². The quantitative estimate of drug-likeness (QED) is 0.177. The molecule has 0 aliphatic carbocycles. The van der Waals surface area contributed by atoms with Crippen LogP contribution in [0.25, 0.3) is 11.1 Å². The maximum Gasteiger partial charge on any atom is 0.305 e. The summed E-state index contributed by atoms with van der Waals surface area (Å²) in [7, 11) is 0. The Morgan fingerprint density at radius 2 is 1.53 bits per heavy atom. The van der Waals surface area contributed by atoms with E-state index in [1.807, 2.05) is 36.0 Å². The van der Waals surface area contributed by atoms with Crippen molar-refractivity contribution >= 4 is 23.6 Å². The summed E-state index contributed by atoms with van der Waals surface area (Å²) in [6, 6.07) is 23.1. The molecule has 5 heteroatoms. The molecule has 0 aliphatic rings. The number of carboxylic acid groups (broad SMARTS) is 1. The molecule has 0 spiro atoms. The van der Waals surface area contributed by atoms with Gasteiger partial charge in [-0.3, -0.25) is 9.59 Å². The van der Waals surface area contributed by atoms with Crippen molar-refractivity contribution < 1.29 is 14.7 Å². The molecule has 4 nitrogen and oxygen atoms in total. The molecule has 1 amide bonds. The fraction of sp³-hybridized carbons (Fsp3) is 0.355. The van der Waals surface area contributed by atoms with Crippen molar-refractivity contribution in [3.8, 4) is 11.1 Å². The van der Waals surface area contributed by atoms with Crippen LogP contribution in [0.2, 0.25) is 0 Å². The van der Waals surface area contributed by atoms with Crippen LogP contribution in [0.5, 0.6) is 0 Å². The summed E-state index contributed by atoms with van der Waals surface area (Å²) in [5.41, 5.74) is 7.10. The second-order valence-electron chi connectivity index (χ2n) is 9.23. The van der Waals surface area contributed by atoms with E-state index in [9.17, 15) is 9.59 Å². The van der Waals surface area contributed by atoms with E-state index in [0.29, 0.717) is 5.56 Å². The molecular weight excluding hydrogens is 466 g/mol. The van der Waals surface area contributed by atoms with Crippen LogP contribution in [-0.2, 0) is 11.2 Å². The fourth-order valence-electron chi connectivity index (χ4n) is 4.15. The zero-order chi connectivity index (χ0) is 25.8. The van der Waals surface area contributed by atoms with Gasteiger partial charge >= 0.3 is 5.97 Å². The van der Waals surface area contributed by atoms with Crippen molar-refractivity contribution in [2.75, 3.05) is 12.3 Å². The van der Waals surface area contributed by atoms with Gasteiger partial charge in [-0.2, -0.15) is 0 Å². The SMILES string of the molecule is Cc1cccc(-c2ccc(SCCCCCCCc3ccc(C(=O)NCCC(=O)O)cc3)cc2)c1C. The lowest BCUT2D eigenvalue weighted by molar-refractivity contribution is -0.136. The van der Waals surface area contributed by atoms with Crippen molar-refractivity contribution in [3.05, 3.63) is 89.0 Å². The molecule has 2 N–H and O–H groups in total. The zero-order valence-corrected chi connectivity index (χ0v) is 22.2. The Labute approximate surface area is 219 Å². The first kappa shape index (κ1) is 27.5. The van der Waals surface area contributed by atoms with Crippen LogP contribution in [0.4, 0.5) is 0 Å². The van der Waals surface area contributed by atoms with Gasteiger partial charge in [-0.05, 0) is 90.9 Å². The predicted octanol–water partition coefficient (Wildman–Crippen LogP) is 7.46. The molecule has 0 atom stereocenters. The van der Waals surface area contributed by atoms with Gasteiger partial charge in [-0.1, -0.05) is 61.7 Å². The van der Waals surface area contributed by atoms with E-state index >= 15 is 0 Å². The number of aliphatic carboxylic acids is 1. The lowest BCUT2D eigenvalue weighted by atomic mass is 9.97. The Hall–Kier alpha value is -3.05. The highest BCUT2D eigenvalue weighted by atomic mass is 32.2. The molecule has 0 fully saturated rings. The lowest BCUT2D eigenvalue weighted by Crippen LogP contribution is -2.25. The first-order valence-electron chi connectivity index (χ1n) is 12.8. The maximum absolute atomic E-state index is 12.0. The van der Waals surface area contributed by atoms with Gasteiger partial charge in [-0.15, -0.1) is 11.8 Å². The van der Waals surface area contributed by atoms with Gasteiger partial charge in [0.05, 0.1) is 6.42 Å². The van der Waals surface area contributed by atoms with Crippen molar-refractivity contribution in [3.63, 3.8) is 0 Å². The topological polar surface area (TPSA) is 66.4 Å². The van der Waals surface area contributed by atoms with Gasteiger partial charge in [0.1, 0.15) is 0 Å². The standard InChI is InChI=1S/C31H37NO3S/c1-23-9-8-11-29(24(23)2)26-16-18-28(19-17-26)36-22-7-5-3-4-6-10-25-12-14-27(15-13-25)31(35)32-21-20-30(33)34/h8-9,11-19H,3-7,10,20-22H2,1-2H3,(H,32,35)(H,33,34). The zero-order valence-electron chi connectivity index (χ0n) is 21.4. The predicted molar refractivity (Wildman–Crippen MR) is 150 cm³/mol. The van der Waals surface area contributed by atoms with Gasteiger partial charge < -0.3 is 10.4 Å². The molecule has 0 heterocycles. The van der Waals surface area contributed by atoms with E-state index in [1.165, 1.54) is 58.4 Å². The van der Waals surface area contributed by atoms with Crippen LogP contribution in [0.3, 0.4) is 0 Å². The first-order valence-corrected chi connectivity index (χ1v) is 13.8. The maximum atomic E-state index is 12.0. The minimum Gasteiger partial charge on any atom is -0.481 e. The molecule has 36 heavy (non-hydrogen) atoms. The smallest absolute Gasteiger partial charge is 0.305 e. The average Bonchev–Trinajstić information content (AvgIpc) is 2.88. The number of benzene rings is 3. The summed E-state index contributed by atoms with van der Waals surface area (Å²) in [5, 5.41) is 11.3. The monoisotopic (exact) mass is 503 g/mol. The highest BCUT2D eigenvalue weighted by Gasteiger charge is 2.06. The summed E-state index contributed by atoms with van der Waals surface area (Å²) in [6.07, 6.45) is 7.05. The first-order chi connectivity index (χ1) is 17.4. The number of carbonyl (C=O) groups is 2. The van der Waals surface area contributed by atoms with E-state index in [4.69, 9.17) is 5.11 Å². The van der Waals surface area contributed by atoms with Crippen LogP contribution >= 0.6 is 11.8 Å². The molecule has 3 rings (SSSR count). The molecule has 3 aromatic rings. The molecule has 0 aliphatic heterocycles. The Morgan fingerprint density at radius 3 is 2.25 bits per heavy atom. The van der Waals surface area contributed by atoms with Crippen molar-refractivity contribution in [2.24, 2.45) is 0 Å². The number of thioether (sulfide) groups is 1. The van der Waals surface area contributed by atoms with Crippen LogP contribution in [0.1, 0.15) is 65.6 Å². The van der Waals surface area contributed by atoms with E-state index < -0.39 is 5.97 Å². The third-order valence-corrected chi connectivity index (χ3v) is 7.59. The summed E-state index contributed by atoms with van der Waals surface area (Å²) in [4.78, 5) is 23.9. The number of carbonyl (C=O) groups excluding carboxylic acids is 1. The second-order valence-corrected chi connectivity index (χ2v) is 10.4. The number of hydrogen-bond acceptors (Lipinski definition) is 3. The van der Waals surface area contributed by atoms with Gasteiger partial charge in [0.25, 0.3) is 5.91 Å². The summed E-state index contributed by atoms with van der Waals surface area (Å²) < 4.78 is 0. The molecule has 0 radical (unpaired) electrons. The van der Waals surface area contributed by atoms with Crippen LogP contribution < -0.4 is 5.32 Å². The fourth-order valence-corrected chi connectivity index (χ4v) is 5.07. The number of nitrogens with one attached hydrogen (secondary N) is 1. The molecule has 0 saturated heterocycles. The summed E-state index contributed by atoms with van der Waals surface area (Å²) in [6.45, 7) is 4.50. The molecule has 0 saturated carbocycles. The minimum atomic E-state index is -0.914. The Morgan fingerprint density at radius 1 is 0.833 bits per heavy atom. The lowest BCUT2D eigenvalue weighted by Gasteiger charge is -2.09. The average molecular weight is 504 g/mol. The third kappa shape index (κ3) is 8.87. The normalized spacial score (nSPS) is 10.8. The van der Waals surface area contributed by atoms with Gasteiger partial charge in [0, 0.05) is 17.0 Å². The molecule has 3 aromatic carbocycles. The van der Waals surface area contributed by atoms with E-state index in [-0.39, 0.29) is 18.9 Å². The Balaban J connectivity index is 1.27. The van der Waals surface area contributed by atoms with Gasteiger partial charge in [0.15, 0.2) is 0 Å². The molecule has 190 valence electrons. The number of rotatable bonds is 14. The number of unbranched alkanes of at least 4 members (excludes halogenated alkanes) is 4. The highest BCUT2D eigenvalue weighted by Crippen LogP contribution is 2.28. The Bertz CT molecular complexity index is 1120. The Kier molecular flexibility index (Phi) is 11.1. The molecule has 0 unspecified atom stereocenters. The van der Waals surface area contributed by atoms with Crippen LogP contribution in [0.15, 0.2) is 71.6 Å². The highest BCUT2D eigenvalue weighted by molar-refractivity contribution is 7.99. The molecule has 0 bridgehead atoms. The second kappa shape index (κ2) is 14.5. The number of hydrogen-bond donors (Lipinski definition) is 2. The molecular formula is C31H37NO3S. The number of aryl methyl sites for hydroxylation is 2. The number of amides is 1. The van der Waals surface area contributed by atoms with Gasteiger partial charge in [0.2, 0.25) is 0 Å². The largest absolute Gasteiger partial charge is 0.481 e. The van der Waals surface area contributed by atoms with Crippen molar-refractivity contribution in [1.82, 2.24) is 5.32 Å². The summed E-state index contributed by atoms with van der Waals surface area (Å²) >= 11 is 1.94. The van der Waals surface area contributed by atoms with Crippen molar-refractivity contribution in [1.29, 1.82) is 0 Å². The number of carboxylic acids is 1. The van der Waals surface area contributed by atoms with Crippen LogP contribution in [-0.4, -0.2) is 29.3 Å².